The fourth-order valence-corrected chi connectivity index (χ4v) is 3.23. The fraction of sp³-hybridized carbons (Fsp3) is 0.429. The van der Waals surface area contributed by atoms with Gasteiger partial charge in [-0.2, -0.15) is 4.98 Å². The van der Waals surface area contributed by atoms with Crippen LogP contribution in [0.3, 0.4) is 0 Å². The molecule has 1 aromatic heterocycles. The molecule has 0 aliphatic carbocycles. The highest BCUT2D eigenvalue weighted by Gasteiger charge is 2.26. The minimum absolute atomic E-state index is 0.128. The van der Waals surface area contributed by atoms with E-state index in [1.807, 2.05) is 12.1 Å². The summed E-state index contributed by atoms with van der Waals surface area (Å²) in [6.45, 7) is 2.99. The van der Waals surface area contributed by atoms with E-state index in [9.17, 15) is 0 Å². The van der Waals surface area contributed by atoms with Crippen molar-refractivity contribution in [1.29, 1.82) is 0 Å². The SMILES string of the molecule is CN1CCNCC1c1noc(-c2cc(Br)c3c(c2)OCO3)n1. The van der Waals surface area contributed by atoms with Crippen LogP contribution in [0.25, 0.3) is 11.5 Å². The van der Waals surface area contributed by atoms with E-state index in [4.69, 9.17) is 14.0 Å². The number of likely N-dealkylation sites (N-methyl/N-ethyl adjacent to an activating group) is 1. The van der Waals surface area contributed by atoms with Crippen molar-refractivity contribution in [3.05, 3.63) is 22.4 Å². The van der Waals surface area contributed by atoms with Gasteiger partial charge in [0.2, 0.25) is 6.79 Å². The Hall–Kier alpha value is -1.64. The zero-order valence-corrected chi connectivity index (χ0v) is 13.6. The number of halogens is 1. The molecule has 4 rings (SSSR count). The molecule has 1 fully saturated rings. The van der Waals surface area contributed by atoms with Gasteiger partial charge in [0.15, 0.2) is 17.3 Å². The maximum Gasteiger partial charge on any atom is 0.258 e. The van der Waals surface area contributed by atoms with Crippen LogP contribution < -0.4 is 14.8 Å². The van der Waals surface area contributed by atoms with E-state index in [2.05, 4.69) is 43.3 Å². The summed E-state index contributed by atoms with van der Waals surface area (Å²) in [6, 6.07) is 3.88. The molecule has 8 heteroatoms. The molecule has 1 saturated heterocycles. The molecule has 116 valence electrons. The predicted molar refractivity (Wildman–Crippen MR) is 81.8 cm³/mol. The van der Waals surface area contributed by atoms with Crippen LogP contribution in [0.4, 0.5) is 0 Å². The van der Waals surface area contributed by atoms with E-state index in [1.54, 1.807) is 0 Å². The summed E-state index contributed by atoms with van der Waals surface area (Å²) in [4.78, 5) is 6.77. The smallest absolute Gasteiger partial charge is 0.258 e. The lowest BCUT2D eigenvalue weighted by Crippen LogP contribution is -2.44. The average molecular weight is 367 g/mol. The van der Waals surface area contributed by atoms with E-state index >= 15 is 0 Å². The van der Waals surface area contributed by atoms with Crippen molar-refractivity contribution >= 4 is 15.9 Å². The predicted octanol–water partition coefficient (Wildman–Crippen LogP) is 1.80. The van der Waals surface area contributed by atoms with Gasteiger partial charge in [0, 0.05) is 25.2 Å². The molecule has 0 bridgehead atoms. The highest BCUT2D eigenvalue weighted by Crippen LogP contribution is 2.42. The van der Waals surface area contributed by atoms with Crippen molar-refractivity contribution in [3.63, 3.8) is 0 Å². The summed E-state index contributed by atoms with van der Waals surface area (Å²) >= 11 is 3.48. The minimum atomic E-state index is 0.128. The maximum absolute atomic E-state index is 5.43. The summed E-state index contributed by atoms with van der Waals surface area (Å²) in [7, 11) is 2.07. The number of aromatic nitrogens is 2. The minimum Gasteiger partial charge on any atom is -0.454 e. The summed E-state index contributed by atoms with van der Waals surface area (Å²) in [5.74, 6) is 2.56. The van der Waals surface area contributed by atoms with Crippen LogP contribution in [0.5, 0.6) is 11.5 Å². The summed E-state index contributed by atoms with van der Waals surface area (Å²) in [5, 5.41) is 7.48. The molecule has 1 aromatic carbocycles. The van der Waals surface area contributed by atoms with Gasteiger partial charge in [-0.3, -0.25) is 4.90 Å². The first kappa shape index (κ1) is 14.0. The second kappa shape index (κ2) is 5.53. The number of benzene rings is 1. The van der Waals surface area contributed by atoms with Crippen LogP contribution in [0.15, 0.2) is 21.1 Å². The quantitative estimate of drug-likeness (QED) is 0.868. The van der Waals surface area contributed by atoms with Crippen molar-refractivity contribution in [2.45, 2.75) is 6.04 Å². The number of ether oxygens (including phenoxy) is 2. The van der Waals surface area contributed by atoms with E-state index in [-0.39, 0.29) is 12.8 Å². The van der Waals surface area contributed by atoms with E-state index in [1.165, 1.54) is 0 Å². The molecule has 2 aromatic rings. The Labute approximate surface area is 135 Å². The molecular weight excluding hydrogens is 352 g/mol. The van der Waals surface area contributed by atoms with Crippen LogP contribution in [0.1, 0.15) is 11.9 Å². The Kier molecular flexibility index (Phi) is 3.51. The van der Waals surface area contributed by atoms with Crippen LogP contribution in [-0.2, 0) is 0 Å². The van der Waals surface area contributed by atoms with E-state index < -0.39 is 0 Å². The van der Waals surface area contributed by atoms with Gasteiger partial charge < -0.3 is 19.3 Å². The largest absolute Gasteiger partial charge is 0.454 e. The number of fused-ring (bicyclic) bond motifs is 1. The van der Waals surface area contributed by atoms with Gasteiger partial charge in [-0.15, -0.1) is 0 Å². The zero-order chi connectivity index (χ0) is 15.1. The summed E-state index contributed by atoms with van der Waals surface area (Å²) < 4.78 is 17.1. The van der Waals surface area contributed by atoms with Crippen molar-refractivity contribution in [3.8, 4) is 23.0 Å². The number of nitrogens with zero attached hydrogens (tertiary/aromatic N) is 3. The Balaban J connectivity index is 1.65. The van der Waals surface area contributed by atoms with Crippen molar-refractivity contribution in [2.24, 2.45) is 0 Å². The third-order valence-electron chi connectivity index (χ3n) is 3.92. The van der Waals surface area contributed by atoms with E-state index in [0.717, 1.165) is 29.7 Å². The molecule has 1 atom stereocenters. The standard InChI is InChI=1S/C14H15BrN4O3/c1-19-3-2-16-6-10(19)13-17-14(22-18-13)8-4-9(15)12-11(5-8)20-7-21-12/h4-5,10,16H,2-3,6-7H2,1H3. The zero-order valence-electron chi connectivity index (χ0n) is 12.0. The van der Waals surface area contributed by atoms with Crippen LogP contribution in [0, 0.1) is 0 Å². The molecule has 0 amide bonds. The highest BCUT2D eigenvalue weighted by atomic mass is 79.9. The highest BCUT2D eigenvalue weighted by molar-refractivity contribution is 9.10. The maximum atomic E-state index is 5.43. The normalized spacial score (nSPS) is 21.3. The lowest BCUT2D eigenvalue weighted by Gasteiger charge is -2.30. The number of hydrogen-bond donors (Lipinski definition) is 1. The van der Waals surface area contributed by atoms with Gasteiger partial charge in [0.05, 0.1) is 10.5 Å². The third-order valence-corrected chi connectivity index (χ3v) is 4.51. The van der Waals surface area contributed by atoms with Gasteiger partial charge >= 0.3 is 0 Å². The van der Waals surface area contributed by atoms with Crippen LogP contribution in [-0.4, -0.2) is 48.5 Å². The first-order valence-electron chi connectivity index (χ1n) is 7.06. The van der Waals surface area contributed by atoms with Crippen LogP contribution in [0.2, 0.25) is 0 Å². The Morgan fingerprint density at radius 2 is 2.27 bits per heavy atom. The van der Waals surface area contributed by atoms with Gasteiger partial charge in [0.25, 0.3) is 5.89 Å². The Morgan fingerprint density at radius 3 is 3.14 bits per heavy atom. The van der Waals surface area contributed by atoms with Crippen molar-refractivity contribution in [1.82, 2.24) is 20.4 Å². The topological polar surface area (TPSA) is 72.7 Å². The molecule has 2 aliphatic heterocycles. The second-order valence-corrected chi connectivity index (χ2v) is 6.20. The average Bonchev–Trinajstić information content (AvgIpc) is 3.16. The molecule has 1 N–H and O–H groups in total. The molecular formula is C14H15BrN4O3. The Bertz CT molecular complexity index is 705. The third kappa shape index (κ3) is 2.37. The van der Waals surface area contributed by atoms with Crippen LogP contribution >= 0.6 is 15.9 Å². The lowest BCUT2D eigenvalue weighted by molar-refractivity contribution is 0.173. The molecule has 3 heterocycles. The van der Waals surface area contributed by atoms with Gasteiger partial charge in [-0.1, -0.05) is 5.16 Å². The number of piperazine rings is 1. The molecule has 7 nitrogen and oxygen atoms in total. The monoisotopic (exact) mass is 366 g/mol. The summed E-state index contributed by atoms with van der Waals surface area (Å²) in [5.41, 5.74) is 0.807. The van der Waals surface area contributed by atoms with Gasteiger partial charge in [0.1, 0.15) is 0 Å². The first-order chi connectivity index (χ1) is 10.7. The van der Waals surface area contributed by atoms with Crippen molar-refractivity contribution < 1.29 is 14.0 Å². The molecule has 22 heavy (non-hydrogen) atoms. The molecule has 1 unspecified atom stereocenters. The lowest BCUT2D eigenvalue weighted by atomic mass is 10.2. The first-order valence-corrected chi connectivity index (χ1v) is 7.86. The molecule has 0 saturated carbocycles. The second-order valence-electron chi connectivity index (χ2n) is 5.35. The van der Waals surface area contributed by atoms with Gasteiger partial charge in [-0.25, -0.2) is 0 Å². The van der Waals surface area contributed by atoms with E-state index in [0.29, 0.717) is 23.2 Å². The summed E-state index contributed by atoms with van der Waals surface area (Å²) in [6.07, 6.45) is 0. The van der Waals surface area contributed by atoms with Crippen molar-refractivity contribution in [2.75, 3.05) is 33.5 Å². The Morgan fingerprint density at radius 1 is 1.36 bits per heavy atom. The number of hydrogen-bond acceptors (Lipinski definition) is 7. The number of nitrogens with one attached hydrogen (secondary N) is 1. The fourth-order valence-electron chi connectivity index (χ4n) is 2.67. The molecule has 2 aliphatic rings. The van der Waals surface area contributed by atoms with Gasteiger partial charge in [-0.05, 0) is 35.1 Å². The number of rotatable bonds is 2. The molecule has 0 radical (unpaired) electrons. The molecule has 0 spiro atoms.